The molecule has 4 nitrogen and oxygen atoms in total. The van der Waals surface area contributed by atoms with Gasteiger partial charge in [-0.3, -0.25) is 4.79 Å². The molecule has 14 heavy (non-hydrogen) atoms. The summed E-state index contributed by atoms with van der Waals surface area (Å²) < 4.78 is 5.19. The van der Waals surface area contributed by atoms with Crippen molar-refractivity contribution in [1.82, 2.24) is 10.2 Å². The third-order valence-electron chi connectivity index (χ3n) is 2.48. The SMILES string of the molecule is CC.O=C1COCC2CCNCCN12. The van der Waals surface area contributed by atoms with Crippen LogP contribution in [-0.2, 0) is 9.53 Å². The molecule has 1 unspecified atom stereocenters. The molecule has 82 valence electrons. The lowest BCUT2D eigenvalue weighted by molar-refractivity contribution is -0.147. The van der Waals surface area contributed by atoms with Crippen molar-refractivity contribution in [3.63, 3.8) is 0 Å². The molecule has 0 aromatic rings. The molecule has 1 N–H and O–H groups in total. The number of hydrogen-bond donors (Lipinski definition) is 1. The van der Waals surface area contributed by atoms with Crippen molar-refractivity contribution in [2.75, 3.05) is 32.8 Å². The number of rotatable bonds is 0. The van der Waals surface area contributed by atoms with Crippen molar-refractivity contribution in [3.8, 4) is 0 Å². The molecule has 0 aromatic heterocycles. The molecular weight excluding hydrogens is 180 g/mol. The first-order valence-electron chi connectivity index (χ1n) is 5.46. The summed E-state index contributed by atoms with van der Waals surface area (Å²) in [5.74, 6) is 0.148. The molecule has 0 bridgehead atoms. The van der Waals surface area contributed by atoms with E-state index in [-0.39, 0.29) is 12.5 Å². The lowest BCUT2D eigenvalue weighted by atomic mass is 10.1. The maximum atomic E-state index is 11.4. The first-order chi connectivity index (χ1) is 6.88. The van der Waals surface area contributed by atoms with Crippen LogP contribution >= 0.6 is 0 Å². The number of hydrogen-bond acceptors (Lipinski definition) is 3. The highest BCUT2D eigenvalue weighted by Crippen LogP contribution is 2.12. The second-order valence-electron chi connectivity index (χ2n) is 3.29. The van der Waals surface area contributed by atoms with Crippen molar-refractivity contribution < 1.29 is 9.53 Å². The highest BCUT2D eigenvalue weighted by atomic mass is 16.5. The fourth-order valence-electron chi connectivity index (χ4n) is 1.80. The molecule has 2 aliphatic heterocycles. The molecule has 2 fully saturated rings. The third kappa shape index (κ3) is 2.69. The Bertz CT molecular complexity index is 185. The number of morpholine rings is 1. The second kappa shape index (κ2) is 5.98. The largest absolute Gasteiger partial charge is 0.369 e. The lowest BCUT2D eigenvalue weighted by Gasteiger charge is -2.33. The molecule has 2 heterocycles. The maximum absolute atomic E-state index is 11.4. The van der Waals surface area contributed by atoms with Gasteiger partial charge in [-0.05, 0) is 13.0 Å². The summed E-state index contributed by atoms with van der Waals surface area (Å²) >= 11 is 0. The van der Waals surface area contributed by atoms with Gasteiger partial charge >= 0.3 is 0 Å². The van der Waals surface area contributed by atoms with Gasteiger partial charge < -0.3 is 15.0 Å². The molecule has 0 spiro atoms. The van der Waals surface area contributed by atoms with E-state index in [1.165, 1.54) is 0 Å². The second-order valence-corrected chi connectivity index (χ2v) is 3.29. The predicted molar refractivity (Wildman–Crippen MR) is 55.2 cm³/mol. The monoisotopic (exact) mass is 200 g/mol. The van der Waals surface area contributed by atoms with E-state index < -0.39 is 0 Å². The number of ether oxygens (including phenoxy) is 1. The van der Waals surface area contributed by atoms with Gasteiger partial charge in [0.1, 0.15) is 6.61 Å². The maximum Gasteiger partial charge on any atom is 0.248 e. The Labute approximate surface area is 85.6 Å². The van der Waals surface area contributed by atoms with E-state index in [9.17, 15) is 4.79 Å². The molecule has 2 saturated heterocycles. The minimum atomic E-state index is 0.148. The van der Waals surface area contributed by atoms with Crippen molar-refractivity contribution in [2.45, 2.75) is 26.3 Å². The molecule has 2 rings (SSSR count). The van der Waals surface area contributed by atoms with Crippen LogP contribution in [-0.4, -0.2) is 49.7 Å². The summed E-state index contributed by atoms with van der Waals surface area (Å²) in [6.45, 7) is 7.75. The molecular formula is C10H20N2O2. The van der Waals surface area contributed by atoms with Crippen LogP contribution in [0.1, 0.15) is 20.3 Å². The minimum Gasteiger partial charge on any atom is -0.369 e. The summed E-state index contributed by atoms with van der Waals surface area (Å²) in [7, 11) is 0. The zero-order valence-electron chi connectivity index (χ0n) is 9.08. The van der Waals surface area contributed by atoms with Crippen LogP contribution < -0.4 is 5.32 Å². The van der Waals surface area contributed by atoms with E-state index >= 15 is 0 Å². The summed E-state index contributed by atoms with van der Waals surface area (Å²) in [6, 6.07) is 0.321. The summed E-state index contributed by atoms with van der Waals surface area (Å²) in [4.78, 5) is 13.3. The van der Waals surface area contributed by atoms with Gasteiger partial charge in [-0.15, -0.1) is 0 Å². The van der Waals surface area contributed by atoms with E-state index in [2.05, 4.69) is 5.32 Å². The predicted octanol–water partition coefficient (Wildman–Crippen LogP) is 0.233. The lowest BCUT2D eigenvalue weighted by Crippen LogP contribution is -2.49. The first kappa shape index (κ1) is 11.5. The molecule has 0 aromatic carbocycles. The van der Waals surface area contributed by atoms with Gasteiger partial charge in [0.05, 0.1) is 12.6 Å². The van der Waals surface area contributed by atoms with Crippen LogP contribution in [0.15, 0.2) is 0 Å². The van der Waals surface area contributed by atoms with Gasteiger partial charge in [0.2, 0.25) is 5.91 Å². The summed E-state index contributed by atoms with van der Waals surface area (Å²) in [5.41, 5.74) is 0. The quantitative estimate of drug-likeness (QED) is 0.609. The molecule has 4 heteroatoms. The van der Waals surface area contributed by atoms with Crippen molar-refractivity contribution in [2.24, 2.45) is 0 Å². The number of carbonyl (C=O) groups is 1. The average Bonchev–Trinajstić information content (AvgIpc) is 2.47. The molecule has 0 aliphatic carbocycles. The Morgan fingerprint density at radius 1 is 1.43 bits per heavy atom. The fraction of sp³-hybridized carbons (Fsp3) is 0.900. The Morgan fingerprint density at radius 3 is 3.00 bits per heavy atom. The minimum absolute atomic E-state index is 0.148. The number of nitrogens with zero attached hydrogens (tertiary/aromatic N) is 1. The number of nitrogens with one attached hydrogen (secondary N) is 1. The molecule has 0 saturated carbocycles. The summed E-state index contributed by atoms with van der Waals surface area (Å²) in [5, 5.41) is 3.27. The van der Waals surface area contributed by atoms with Crippen molar-refractivity contribution >= 4 is 5.91 Å². The van der Waals surface area contributed by atoms with Gasteiger partial charge in [0.15, 0.2) is 0 Å². The van der Waals surface area contributed by atoms with Gasteiger partial charge in [-0.25, -0.2) is 0 Å². The van der Waals surface area contributed by atoms with Crippen LogP contribution in [0.2, 0.25) is 0 Å². The number of fused-ring (bicyclic) bond motifs is 1. The topological polar surface area (TPSA) is 41.6 Å². The Hall–Kier alpha value is -0.610. The van der Waals surface area contributed by atoms with E-state index in [0.29, 0.717) is 12.6 Å². The number of carbonyl (C=O) groups excluding carboxylic acids is 1. The molecule has 1 amide bonds. The molecule has 2 aliphatic rings. The summed E-state index contributed by atoms with van der Waals surface area (Å²) in [6.07, 6.45) is 1.02. The normalized spacial score (nSPS) is 27.1. The van der Waals surface area contributed by atoms with E-state index in [1.54, 1.807) is 0 Å². The van der Waals surface area contributed by atoms with E-state index in [0.717, 1.165) is 26.1 Å². The fourth-order valence-corrected chi connectivity index (χ4v) is 1.80. The van der Waals surface area contributed by atoms with Gasteiger partial charge in [-0.1, -0.05) is 13.8 Å². The van der Waals surface area contributed by atoms with Gasteiger partial charge in [0.25, 0.3) is 0 Å². The Kier molecular flexibility index (Phi) is 4.90. The zero-order chi connectivity index (χ0) is 10.4. The highest BCUT2D eigenvalue weighted by Gasteiger charge is 2.29. The van der Waals surface area contributed by atoms with Crippen LogP contribution in [0, 0.1) is 0 Å². The van der Waals surface area contributed by atoms with Crippen LogP contribution in [0.5, 0.6) is 0 Å². The van der Waals surface area contributed by atoms with Crippen LogP contribution in [0.3, 0.4) is 0 Å². The third-order valence-corrected chi connectivity index (χ3v) is 2.48. The molecule has 1 atom stereocenters. The van der Waals surface area contributed by atoms with Crippen molar-refractivity contribution in [3.05, 3.63) is 0 Å². The Morgan fingerprint density at radius 2 is 2.21 bits per heavy atom. The van der Waals surface area contributed by atoms with E-state index in [4.69, 9.17) is 4.74 Å². The smallest absolute Gasteiger partial charge is 0.248 e. The average molecular weight is 200 g/mol. The van der Waals surface area contributed by atoms with E-state index in [1.807, 2.05) is 18.7 Å². The molecule has 0 radical (unpaired) electrons. The zero-order valence-corrected chi connectivity index (χ0v) is 9.08. The standard InChI is InChI=1S/C8H14N2O2.C2H6/c11-8-6-12-5-7-1-2-9-3-4-10(7)8;1-2/h7,9H,1-6H2;1-2H3. The van der Waals surface area contributed by atoms with Crippen LogP contribution in [0.4, 0.5) is 0 Å². The first-order valence-corrected chi connectivity index (χ1v) is 5.46. The van der Waals surface area contributed by atoms with Gasteiger partial charge in [0, 0.05) is 13.1 Å². The number of amides is 1. The van der Waals surface area contributed by atoms with Crippen LogP contribution in [0.25, 0.3) is 0 Å². The Balaban J connectivity index is 0.000000461. The van der Waals surface area contributed by atoms with Gasteiger partial charge in [-0.2, -0.15) is 0 Å². The highest BCUT2D eigenvalue weighted by molar-refractivity contribution is 5.78. The van der Waals surface area contributed by atoms with Crippen molar-refractivity contribution in [1.29, 1.82) is 0 Å².